The lowest BCUT2D eigenvalue weighted by atomic mass is 9.67. The smallest absolute Gasteiger partial charge is 0.497 e. The van der Waals surface area contributed by atoms with Crippen molar-refractivity contribution in [1.29, 1.82) is 0 Å². The van der Waals surface area contributed by atoms with Gasteiger partial charge in [0.15, 0.2) is 0 Å². The maximum Gasteiger partial charge on any atom is 0.524 e. The van der Waals surface area contributed by atoms with Crippen LogP contribution in [0.25, 0.3) is 11.1 Å². The van der Waals surface area contributed by atoms with Crippen molar-refractivity contribution in [2.75, 3.05) is 14.2 Å². The van der Waals surface area contributed by atoms with E-state index in [-0.39, 0.29) is 34.3 Å². The van der Waals surface area contributed by atoms with Crippen LogP contribution in [0.4, 0.5) is 13.2 Å². The lowest BCUT2D eigenvalue weighted by Crippen LogP contribution is -2.29. The van der Waals surface area contributed by atoms with Crippen molar-refractivity contribution in [3.8, 4) is 22.6 Å². The highest BCUT2D eigenvalue weighted by molar-refractivity contribution is 8.33. The average molecular weight is 993 g/mol. The Bertz CT molecular complexity index is 3340. The zero-order valence-electron chi connectivity index (χ0n) is 36.0. The number of benzene rings is 8. The molecule has 0 fully saturated rings. The fraction of sp³-hybridized carbons (Fsp3) is 0.0769. The Morgan fingerprint density at radius 1 is 0.397 bits per heavy atom. The van der Waals surface area contributed by atoms with Gasteiger partial charge in [0.25, 0.3) is 0 Å². The lowest BCUT2D eigenvalue weighted by Gasteiger charge is -2.41. The molecule has 0 amide bonds. The van der Waals surface area contributed by atoms with Crippen LogP contribution in [0.3, 0.4) is 0 Å². The van der Waals surface area contributed by atoms with E-state index in [4.69, 9.17) is 13.1 Å². The molecular weight excluding hydrogens is 954 g/mol. The van der Waals surface area contributed by atoms with Crippen LogP contribution in [0.15, 0.2) is 234 Å². The van der Waals surface area contributed by atoms with Gasteiger partial charge in [0.05, 0.1) is 39.2 Å². The van der Waals surface area contributed by atoms with Crippen LogP contribution in [0, 0.1) is 0 Å². The number of rotatable bonds is 13. The Kier molecular flexibility index (Phi) is 11.9. The summed E-state index contributed by atoms with van der Waals surface area (Å²) < 4.78 is 145. The quantitative estimate of drug-likeness (QED) is 0.104. The Morgan fingerprint density at radius 2 is 0.765 bits per heavy atom. The molecule has 0 spiro atoms. The normalized spacial score (nSPS) is 13.8. The molecule has 0 saturated heterocycles. The SMILES string of the molecule is COc1ccc(C2(c3ccc(OC)cc3)c3ccccc3-c3ccc(S(OS(=O)(=O)C(F)(F)F)(c4ccc(S(=O)(=O)c5ccccc5)cc4)c4ccc(S(=O)(=O)c5ccccc5)cc4)cc32)cc1. The molecule has 0 atom stereocenters. The number of alkyl halides is 3. The van der Waals surface area contributed by atoms with Crippen molar-refractivity contribution >= 4 is 40.1 Å². The van der Waals surface area contributed by atoms with Gasteiger partial charge in [-0.05, 0) is 153 Å². The van der Waals surface area contributed by atoms with Crippen LogP contribution < -0.4 is 9.47 Å². The molecule has 8 aromatic rings. The van der Waals surface area contributed by atoms with Crippen LogP contribution in [-0.4, -0.2) is 45.0 Å². The van der Waals surface area contributed by atoms with E-state index in [1.807, 2.05) is 48.5 Å². The van der Waals surface area contributed by atoms with E-state index in [2.05, 4.69) is 0 Å². The Morgan fingerprint density at radius 3 is 1.19 bits per heavy atom. The molecule has 346 valence electrons. The third-order valence-corrected chi connectivity index (χ3v) is 20.4. The molecule has 0 unspecified atom stereocenters. The van der Waals surface area contributed by atoms with Gasteiger partial charge >= 0.3 is 15.6 Å². The van der Waals surface area contributed by atoms with E-state index in [9.17, 15) is 38.4 Å². The summed E-state index contributed by atoms with van der Waals surface area (Å²) in [5.74, 6) is 1.12. The number of hydrogen-bond acceptors (Lipinski definition) is 9. The predicted molar refractivity (Wildman–Crippen MR) is 252 cm³/mol. The number of hydrogen-bond donors (Lipinski definition) is 0. The van der Waals surface area contributed by atoms with Gasteiger partial charge in [0.2, 0.25) is 19.7 Å². The summed E-state index contributed by atoms with van der Waals surface area (Å²) in [6.45, 7) is 0. The summed E-state index contributed by atoms with van der Waals surface area (Å²) >= 11 is 0. The van der Waals surface area contributed by atoms with Crippen LogP contribution in [-0.2, 0) is 38.8 Å². The van der Waals surface area contributed by atoms with Crippen LogP contribution in [0.5, 0.6) is 11.5 Å². The molecule has 9 nitrogen and oxygen atoms in total. The molecule has 1 aliphatic rings. The molecule has 0 radical (unpaired) electrons. The third kappa shape index (κ3) is 7.65. The average Bonchev–Trinajstić information content (AvgIpc) is 3.66. The molecular formula is C52H39F3O9S4. The second-order valence-electron chi connectivity index (χ2n) is 15.6. The van der Waals surface area contributed by atoms with E-state index < -0.39 is 51.0 Å². The Hall–Kier alpha value is -6.69. The number of ether oxygens (including phenoxy) is 2. The standard InChI is InChI=1S/C52H39F3O9S4/c1-62-38-21-17-36(18-22-38)51(37-19-23-39(63-2)24-20-37)49-16-10-9-15-47(49)48-34-33-46(35-50(48)51)65(64-68(60,61)52(53,54)55,40-25-29-44(30-26-40)66(56,57)42-11-5-3-6-12-42)41-27-31-45(32-28-41)67(58,59)43-13-7-4-8-14-43/h3-35H,1-2H3. The van der Waals surface area contributed by atoms with Crippen LogP contribution in [0.2, 0.25) is 0 Å². The van der Waals surface area contributed by atoms with E-state index in [1.54, 1.807) is 48.5 Å². The highest BCUT2D eigenvalue weighted by Crippen LogP contribution is 2.72. The summed E-state index contributed by atoms with van der Waals surface area (Å²) in [6, 6.07) is 51.8. The highest BCUT2D eigenvalue weighted by Gasteiger charge is 2.54. The molecule has 0 aliphatic heterocycles. The van der Waals surface area contributed by atoms with Gasteiger partial charge in [-0.25, -0.2) is 16.8 Å². The molecule has 0 bridgehead atoms. The molecule has 9 rings (SSSR count). The highest BCUT2D eigenvalue weighted by atomic mass is 32.3. The summed E-state index contributed by atoms with van der Waals surface area (Å²) in [7, 11) is -16.0. The monoisotopic (exact) mass is 992 g/mol. The van der Waals surface area contributed by atoms with Gasteiger partial charge in [-0.2, -0.15) is 25.2 Å². The molecule has 0 aromatic heterocycles. The molecule has 16 heteroatoms. The number of methoxy groups -OCH3 is 2. The summed E-state index contributed by atoms with van der Waals surface area (Å²) in [4.78, 5) is -0.900. The first-order chi connectivity index (χ1) is 32.5. The van der Waals surface area contributed by atoms with Gasteiger partial charge < -0.3 is 9.47 Å². The van der Waals surface area contributed by atoms with Crippen molar-refractivity contribution in [2.45, 2.75) is 45.2 Å². The first-order valence-corrected chi connectivity index (χ1v) is 26.6. The van der Waals surface area contributed by atoms with Crippen molar-refractivity contribution in [3.63, 3.8) is 0 Å². The Labute approximate surface area is 393 Å². The fourth-order valence-corrected chi connectivity index (χ4v) is 16.0. The third-order valence-electron chi connectivity index (χ3n) is 11.9. The minimum Gasteiger partial charge on any atom is -0.497 e. The first-order valence-electron chi connectivity index (χ1n) is 20.7. The van der Waals surface area contributed by atoms with E-state index in [0.717, 1.165) is 22.3 Å². The fourth-order valence-electron chi connectivity index (χ4n) is 8.70. The van der Waals surface area contributed by atoms with E-state index >= 15 is 0 Å². The largest absolute Gasteiger partial charge is 0.524 e. The number of fused-ring (bicyclic) bond motifs is 3. The molecule has 0 N–H and O–H groups in total. The van der Waals surface area contributed by atoms with Crippen molar-refractivity contribution in [3.05, 3.63) is 222 Å². The maximum atomic E-state index is 14.9. The van der Waals surface area contributed by atoms with Crippen molar-refractivity contribution in [2.24, 2.45) is 0 Å². The zero-order chi connectivity index (χ0) is 48.1. The van der Waals surface area contributed by atoms with Crippen molar-refractivity contribution in [1.82, 2.24) is 0 Å². The van der Waals surface area contributed by atoms with Crippen LogP contribution >= 0.6 is 10.3 Å². The van der Waals surface area contributed by atoms with Gasteiger partial charge in [0, 0.05) is 14.7 Å². The molecule has 8 aromatic carbocycles. The molecule has 0 heterocycles. The first kappa shape index (κ1) is 46.4. The molecule has 0 saturated carbocycles. The second-order valence-corrected chi connectivity index (χ2v) is 23.9. The maximum absolute atomic E-state index is 14.9. The minimum absolute atomic E-state index is 0.0411. The van der Waals surface area contributed by atoms with Crippen molar-refractivity contribution < 1.29 is 51.5 Å². The molecule has 68 heavy (non-hydrogen) atoms. The number of sulfone groups is 2. The molecule has 1 aliphatic carbocycles. The van der Waals surface area contributed by atoms with E-state index in [1.165, 1.54) is 117 Å². The Balaban J connectivity index is 1.37. The van der Waals surface area contributed by atoms with Gasteiger partial charge in [-0.15, -0.1) is 0 Å². The zero-order valence-corrected chi connectivity index (χ0v) is 39.3. The number of halogens is 3. The lowest BCUT2D eigenvalue weighted by molar-refractivity contribution is -0.0496. The second kappa shape index (κ2) is 17.4. The summed E-state index contributed by atoms with van der Waals surface area (Å²) in [6.07, 6.45) is 0. The van der Waals surface area contributed by atoms with Gasteiger partial charge in [-0.1, -0.05) is 91.0 Å². The van der Waals surface area contributed by atoms with E-state index in [0.29, 0.717) is 22.6 Å². The van der Waals surface area contributed by atoms with Gasteiger partial charge in [0.1, 0.15) is 11.5 Å². The summed E-state index contributed by atoms with van der Waals surface area (Å²) in [5.41, 5.74) is -2.89. The minimum atomic E-state index is -6.51. The topological polar surface area (TPSA) is 130 Å². The van der Waals surface area contributed by atoms with Gasteiger partial charge in [-0.3, -0.25) is 0 Å². The predicted octanol–water partition coefficient (Wildman–Crippen LogP) is 11.8. The summed E-state index contributed by atoms with van der Waals surface area (Å²) in [5, 5.41) is 0. The van der Waals surface area contributed by atoms with Crippen LogP contribution in [0.1, 0.15) is 22.3 Å².